The van der Waals surface area contributed by atoms with Gasteiger partial charge < -0.3 is 5.32 Å². The van der Waals surface area contributed by atoms with Gasteiger partial charge in [0.05, 0.1) is 11.5 Å². The molecule has 2 rings (SSSR count). The summed E-state index contributed by atoms with van der Waals surface area (Å²) in [4.78, 5) is 0. The van der Waals surface area contributed by atoms with Crippen molar-refractivity contribution in [2.45, 2.75) is 39.7 Å². The molecule has 0 heterocycles. The molecule has 0 amide bonds. The highest BCUT2D eigenvalue weighted by Crippen LogP contribution is 2.24. The lowest BCUT2D eigenvalue weighted by molar-refractivity contribution is 0.687. The third kappa shape index (κ3) is 3.44. The summed E-state index contributed by atoms with van der Waals surface area (Å²) in [5, 5.41) is 12.6. The van der Waals surface area contributed by atoms with Crippen LogP contribution in [0.3, 0.4) is 0 Å². The Labute approximate surface area is 127 Å². The number of nitrogens with one attached hydrogen (secondary N) is 1. The minimum Gasteiger partial charge on any atom is -0.381 e. The van der Waals surface area contributed by atoms with E-state index in [1.165, 1.54) is 16.7 Å². The molecule has 0 saturated heterocycles. The second-order valence-electron chi connectivity index (χ2n) is 6.04. The van der Waals surface area contributed by atoms with E-state index in [2.05, 4.69) is 43.4 Å². The van der Waals surface area contributed by atoms with Crippen molar-refractivity contribution in [3.05, 3.63) is 64.7 Å². The summed E-state index contributed by atoms with van der Waals surface area (Å²) in [7, 11) is 0. The molecule has 0 saturated carbocycles. The fourth-order valence-corrected chi connectivity index (χ4v) is 2.39. The molecule has 0 fully saturated rings. The molecule has 0 unspecified atom stereocenters. The van der Waals surface area contributed by atoms with Crippen molar-refractivity contribution in [3.63, 3.8) is 0 Å². The average molecular weight is 278 g/mol. The molecule has 0 bridgehead atoms. The summed E-state index contributed by atoms with van der Waals surface area (Å²) < 4.78 is 0. The van der Waals surface area contributed by atoms with E-state index in [-0.39, 0.29) is 0 Å². The van der Waals surface area contributed by atoms with Gasteiger partial charge in [0, 0.05) is 12.2 Å². The van der Waals surface area contributed by atoms with Crippen molar-refractivity contribution in [1.29, 1.82) is 5.26 Å². The second-order valence-corrected chi connectivity index (χ2v) is 6.04. The molecule has 1 N–H and O–H groups in total. The van der Waals surface area contributed by atoms with E-state index in [9.17, 15) is 0 Å². The van der Waals surface area contributed by atoms with Gasteiger partial charge in [-0.15, -0.1) is 0 Å². The SMILES string of the molecule is Cc1cccc(C)c1CNc1ccc(C(C)(C)C#N)cc1. The van der Waals surface area contributed by atoms with Crippen molar-refractivity contribution >= 4 is 5.69 Å². The summed E-state index contributed by atoms with van der Waals surface area (Å²) in [5.74, 6) is 0. The van der Waals surface area contributed by atoms with Gasteiger partial charge in [-0.1, -0.05) is 30.3 Å². The minimum atomic E-state index is -0.439. The van der Waals surface area contributed by atoms with Crippen LogP contribution in [0.4, 0.5) is 5.69 Å². The normalized spacial score (nSPS) is 11.0. The van der Waals surface area contributed by atoms with Crippen molar-refractivity contribution in [1.82, 2.24) is 0 Å². The lowest BCUT2D eigenvalue weighted by Gasteiger charge is -2.17. The Hall–Kier alpha value is -2.27. The smallest absolute Gasteiger partial charge is 0.0766 e. The number of rotatable bonds is 4. The van der Waals surface area contributed by atoms with E-state index in [1.54, 1.807) is 0 Å². The first-order chi connectivity index (χ1) is 9.94. The third-order valence-electron chi connectivity index (χ3n) is 4.00. The summed E-state index contributed by atoms with van der Waals surface area (Å²) in [6, 6.07) is 16.8. The van der Waals surface area contributed by atoms with Crippen molar-refractivity contribution in [2.24, 2.45) is 0 Å². The van der Waals surface area contributed by atoms with Gasteiger partial charge in [0.1, 0.15) is 0 Å². The van der Waals surface area contributed by atoms with E-state index >= 15 is 0 Å². The van der Waals surface area contributed by atoms with Gasteiger partial charge in [0.25, 0.3) is 0 Å². The third-order valence-corrected chi connectivity index (χ3v) is 4.00. The first kappa shape index (κ1) is 15.1. The monoisotopic (exact) mass is 278 g/mol. The molecule has 0 spiro atoms. The second kappa shape index (κ2) is 6.01. The van der Waals surface area contributed by atoms with E-state index in [0.717, 1.165) is 17.8 Å². The van der Waals surface area contributed by atoms with Crippen LogP contribution in [0.1, 0.15) is 36.1 Å². The zero-order chi connectivity index (χ0) is 15.5. The molecule has 0 atom stereocenters. The van der Waals surface area contributed by atoms with Crippen LogP contribution < -0.4 is 5.32 Å². The van der Waals surface area contributed by atoms with Crippen LogP contribution in [0, 0.1) is 25.2 Å². The fraction of sp³-hybridized carbons (Fsp3) is 0.316. The van der Waals surface area contributed by atoms with Gasteiger partial charge in [-0.2, -0.15) is 5.26 Å². The molecule has 2 aromatic carbocycles. The van der Waals surface area contributed by atoms with Crippen LogP contribution in [-0.4, -0.2) is 0 Å². The molecule has 0 aliphatic rings. The maximum Gasteiger partial charge on any atom is 0.0766 e. The number of hydrogen-bond donors (Lipinski definition) is 1. The molecule has 21 heavy (non-hydrogen) atoms. The summed E-state index contributed by atoms with van der Waals surface area (Å²) in [6.07, 6.45) is 0. The largest absolute Gasteiger partial charge is 0.381 e. The Morgan fingerprint density at radius 2 is 1.57 bits per heavy atom. The molecule has 0 radical (unpaired) electrons. The van der Waals surface area contributed by atoms with Crippen LogP contribution in [0.5, 0.6) is 0 Å². The van der Waals surface area contributed by atoms with Gasteiger partial charge >= 0.3 is 0 Å². The Morgan fingerprint density at radius 1 is 1.00 bits per heavy atom. The zero-order valence-electron chi connectivity index (χ0n) is 13.2. The number of benzene rings is 2. The first-order valence-electron chi connectivity index (χ1n) is 7.25. The van der Waals surface area contributed by atoms with Crippen LogP contribution in [0.15, 0.2) is 42.5 Å². The van der Waals surface area contributed by atoms with Crippen LogP contribution >= 0.6 is 0 Å². The topological polar surface area (TPSA) is 35.8 Å². The van der Waals surface area contributed by atoms with E-state index < -0.39 is 5.41 Å². The van der Waals surface area contributed by atoms with Gasteiger partial charge in [0.2, 0.25) is 0 Å². The lowest BCUT2D eigenvalue weighted by atomic mass is 9.86. The number of nitrogens with zero attached hydrogens (tertiary/aromatic N) is 1. The number of nitriles is 1. The molecule has 0 aliphatic heterocycles. The molecule has 2 aromatic rings. The van der Waals surface area contributed by atoms with Crippen molar-refractivity contribution < 1.29 is 0 Å². The Balaban J connectivity index is 2.10. The molecule has 0 aliphatic carbocycles. The highest BCUT2D eigenvalue weighted by atomic mass is 14.9. The minimum absolute atomic E-state index is 0.439. The van der Waals surface area contributed by atoms with Gasteiger partial charge in [-0.05, 0) is 62.1 Å². The van der Waals surface area contributed by atoms with Gasteiger partial charge in [-0.3, -0.25) is 0 Å². The standard InChI is InChI=1S/C19H22N2/c1-14-6-5-7-15(2)18(14)12-21-17-10-8-16(9-11-17)19(3,4)13-20/h5-11,21H,12H2,1-4H3. The lowest BCUT2D eigenvalue weighted by Crippen LogP contribution is -2.13. The number of anilines is 1. The summed E-state index contributed by atoms with van der Waals surface area (Å²) in [6.45, 7) is 8.98. The first-order valence-corrected chi connectivity index (χ1v) is 7.25. The van der Waals surface area contributed by atoms with Crippen LogP contribution in [0.2, 0.25) is 0 Å². The Morgan fingerprint density at radius 3 is 2.10 bits per heavy atom. The average Bonchev–Trinajstić information content (AvgIpc) is 2.47. The molecule has 0 aromatic heterocycles. The van der Waals surface area contributed by atoms with E-state index in [0.29, 0.717) is 0 Å². The quantitative estimate of drug-likeness (QED) is 0.878. The van der Waals surface area contributed by atoms with E-state index in [1.807, 2.05) is 38.1 Å². The highest BCUT2D eigenvalue weighted by molar-refractivity contribution is 5.48. The highest BCUT2D eigenvalue weighted by Gasteiger charge is 2.18. The number of hydrogen-bond acceptors (Lipinski definition) is 2. The van der Waals surface area contributed by atoms with E-state index in [4.69, 9.17) is 5.26 Å². The van der Waals surface area contributed by atoms with Crippen molar-refractivity contribution in [2.75, 3.05) is 5.32 Å². The molecule has 2 nitrogen and oxygen atoms in total. The zero-order valence-corrected chi connectivity index (χ0v) is 13.2. The maximum absolute atomic E-state index is 9.16. The Bertz CT molecular complexity index is 641. The van der Waals surface area contributed by atoms with Crippen LogP contribution in [0.25, 0.3) is 0 Å². The predicted molar refractivity (Wildman–Crippen MR) is 88.3 cm³/mol. The summed E-state index contributed by atoms with van der Waals surface area (Å²) in [5.41, 5.74) is 5.65. The fourth-order valence-electron chi connectivity index (χ4n) is 2.39. The molecular formula is C19H22N2. The predicted octanol–water partition coefficient (Wildman–Crippen LogP) is 4.72. The van der Waals surface area contributed by atoms with Gasteiger partial charge in [-0.25, -0.2) is 0 Å². The van der Waals surface area contributed by atoms with Crippen LogP contribution in [-0.2, 0) is 12.0 Å². The van der Waals surface area contributed by atoms with Crippen molar-refractivity contribution in [3.8, 4) is 6.07 Å². The molecule has 108 valence electrons. The molecule has 2 heteroatoms. The molecular weight excluding hydrogens is 256 g/mol. The summed E-state index contributed by atoms with van der Waals surface area (Å²) >= 11 is 0. The number of aryl methyl sites for hydroxylation is 2. The van der Waals surface area contributed by atoms with Gasteiger partial charge in [0.15, 0.2) is 0 Å². The maximum atomic E-state index is 9.16. The Kier molecular flexibility index (Phi) is 4.33.